The molecule has 0 bridgehead atoms. The Kier molecular flexibility index (Phi) is 6.63. The normalized spacial score (nSPS) is 17.1. The summed E-state index contributed by atoms with van der Waals surface area (Å²) < 4.78 is 6.21. The van der Waals surface area contributed by atoms with Gasteiger partial charge in [0.05, 0.1) is 6.07 Å². The number of hydrogen-bond acceptors (Lipinski definition) is 3. The van der Waals surface area contributed by atoms with Crippen molar-refractivity contribution < 1.29 is 4.74 Å². The Balaban J connectivity index is 1.50. The van der Waals surface area contributed by atoms with E-state index in [1.807, 2.05) is 66.7 Å². The number of rotatable bonds is 8. The minimum absolute atomic E-state index is 0.0273. The first-order chi connectivity index (χ1) is 15.5. The highest BCUT2D eigenvalue weighted by Gasteiger charge is 2.39. The monoisotopic (exact) mass is 424 g/mol. The van der Waals surface area contributed by atoms with Gasteiger partial charge < -0.3 is 4.74 Å². The molecule has 4 rings (SSSR count). The fourth-order valence-corrected chi connectivity index (χ4v) is 4.80. The lowest BCUT2D eigenvalue weighted by atomic mass is 9.70. The SMILES string of the molecule is CC(C)(CCC(C#N)(c1ccccc1)c1ccccc1)N1CC[C@H](Oc2ccccc2)C1. The predicted molar refractivity (Wildman–Crippen MR) is 130 cm³/mol. The Morgan fingerprint density at radius 2 is 1.38 bits per heavy atom. The van der Waals surface area contributed by atoms with Gasteiger partial charge in [0.1, 0.15) is 17.3 Å². The largest absolute Gasteiger partial charge is 0.489 e. The van der Waals surface area contributed by atoms with Crippen molar-refractivity contribution in [2.45, 2.75) is 50.2 Å². The highest BCUT2D eigenvalue weighted by Crippen LogP contribution is 2.39. The van der Waals surface area contributed by atoms with Crippen molar-refractivity contribution in [3.8, 4) is 11.8 Å². The van der Waals surface area contributed by atoms with Crippen LogP contribution in [0.1, 0.15) is 44.2 Å². The number of benzene rings is 3. The summed E-state index contributed by atoms with van der Waals surface area (Å²) in [7, 11) is 0. The molecule has 0 N–H and O–H groups in total. The van der Waals surface area contributed by atoms with Crippen LogP contribution < -0.4 is 4.74 Å². The molecule has 0 unspecified atom stereocenters. The quantitative estimate of drug-likeness (QED) is 0.431. The summed E-state index contributed by atoms with van der Waals surface area (Å²) in [5.41, 5.74) is 1.45. The van der Waals surface area contributed by atoms with Crippen molar-refractivity contribution in [2.24, 2.45) is 0 Å². The molecule has 0 aliphatic carbocycles. The zero-order chi connectivity index (χ0) is 22.4. The zero-order valence-corrected chi connectivity index (χ0v) is 19.1. The van der Waals surface area contributed by atoms with E-state index in [1.54, 1.807) is 0 Å². The molecule has 164 valence electrons. The second-order valence-corrected chi connectivity index (χ2v) is 9.35. The smallest absolute Gasteiger partial charge is 0.119 e. The summed E-state index contributed by atoms with van der Waals surface area (Å²) in [6.07, 6.45) is 2.92. The van der Waals surface area contributed by atoms with Crippen molar-refractivity contribution in [1.29, 1.82) is 5.26 Å². The topological polar surface area (TPSA) is 36.3 Å². The Hall–Kier alpha value is -3.09. The van der Waals surface area contributed by atoms with E-state index in [1.165, 1.54) is 0 Å². The Labute approximate surface area is 192 Å². The molecule has 0 radical (unpaired) electrons. The van der Waals surface area contributed by atoms with E-state index < -0.39 is 5.41 Å². The first-order valence-electron chi connectivity index (χ1n) is 11.5. The van der Waals surface area contributed by atoms with Gasteiger partial charge >= 0.3 is 0 Å². The van der Waals surface area contributed by atoms with Gasteiger partial charge in [-0.25, -0.2) is 0 Å². The molecule has 0 saturated carbocycles. The van der Waals surface area contributed by atoms with Gasteiger partial charge in [0.15, 0.2) is 0 Å². The average molecular weight is 425 g/mol. The van der Waals surface area contributed by atoms with Crippen LogP contribution in [0.5, 0.6) is 5.75 Å². The minimum atomic E-state index is -0.653. The van der Waals surface area contributed by atoms with Gasteiger partial charge in [0.25, 0.3) is 0 Å². The Morgan fingerprint density at radius 3 is 1.91 bits per heavy atom. The van der Waals surface area contributed by atoms with E-state index >= 15 is 0 Å². The molecule has 1 atom stereocenters. The molecule has 3 heteroatoms. The first-order valence-corrected chi connectivity index (χ1v) is 11.5. The number of para-hydroxylation sites is 1. The van der Waals surface area contributed by atoms with Crippen LogP contribution in [0.4, 0.5) is 0 Å². The van der Waals surface area contributed by atoms with Gasteiger partial charge in [0, 0.05) is 18.6 Å². The van der Waals surface area contributed by atoms with Crippen molar-refractivity contribution >= 4 is 0 Å². The highest BCUT2D eigenvalue weighted by atomic mass is 16.5. The van der Waals surface area contributed by atoms with E-state index in [2.05, 4.69) is 49.1 Å². The first kappa shape index (κ1) is 22.1. The van der Waals surface area contributed by atoms with Crippen LogP contribution in [0, 0.1) is 11.3 Å². The summed E-state index contributed by atoms with van der Waals surface area (Å²) in [5.74, 6) is 0.939. The highest BCUT2D eigenvalue weighted by molar-refractivity contribution is 5.45. The van der Waals surface area contributed by atoms with Crippen molar-refractivity contribution in [3.05, 3.63) is 102 Å². The lowest BCUT2D eigenvalue weighted by Crippen LogP contribution is -2.44. The second-order valence-electron chi connectivity index (χ2n) is 9.35. The maximum atomic E-state index is 10.5. The zero-order valence-electron chi connectivity index (χ0n) is 19.1. The molecule has 0 amide bonds. The third kappa shape index (κ3) is 4.71. The van der Waals surface area contributed by atoms with Crippen molar-refractivity contribution in [2.75, 3.05) is 13.1 Å². The molecule has 3 aromatic rings. The molecule has 1 saturated heterocycles. The van der Waals surface area contributed by atoms with Gasteiger partial charge in [-0.2, -0.15) is 5.26 Å². The lowest BCUT2D eigenvalue weighted by Gasteiger charge is -2.38. The maximum absolute atomic E-state index is 10.5. The molecule has 1 fully saturated rings. The third-order valence-electron chi connectivity index (χ3n) is 6.88. The number of ether oxygens (including phenoxy) is 1. The summed E-state index contributed by atoms with van der Waals surface area (Å²) in [5, 5.41) is 10.5. The number of nitriles is 1. The molecule has 0 spiro atoms. The van der Waals surface area contributed by atoms with Crippen LogP contribution in [0.25, 0.3) is 0 Å². The summed E-state index contributed by atoms with van der Waals surface area (Å²) >= 11 is 0. The van der Waals surface area contributed by atoms with Gasteiger partial charge in [0.2, 0.25) is 0 Å². The molecule has 3 aromatic carbocycles. The van der Waals surface area contributed by atoms with Crippen LogP contribution >= 0.6 is 0 Å². The molecule has 32 heavy (non-hydrogen) atoms. The Bertz CT molecular complexity index is 986. The van der Waals surface area contributed by atoms with E-state index in [0.29, 0.717) is 0 Å². The molecule has 0 aromatic heterocycles. The van der Waals surface area contributed by atoms with E-state index in [4.69, 9.17) is 4.74 Å². The summed E-state index contributed by atoms with van der Waals surface area (Å²) in [6, 6.07) is 33.3. The van der Waals surface area contributed by atoms with Crippen molar-refractivity contribution in [1.82, 2.24) is 4.90 Å². The lowest BCUT2D eigenvalue weighted by molar-refractivity contribution is 0.114. The molecule has 1 aliphatic heterocycles. The summed E-state index contributed by atoms with van der Waals surface area (Å²) in [6.45, 7) is 6.53. The van der Waals surface area contributed by atoms with E-state index in [-0.39, 0.29) is 11.6 Å². The van der Waals surface area contributed by atoms with Gasteiger partial charge in [-0.05, 0) is 56.4 Å². The Morgan fingerprint density at radius 1 is 0.844 bits per heavy atom. The van der Waals surface area contributed by atoms with Crippen LogP contribution in [-0.4, -0.2) is 29.6 Å². The third-order valence-corrected chi connectivity index (χ3v) is 6.88. The molecule has 1 heterocycles. The fourth-order valence-electron chi connectivity index (χ4n) is 4.80. The van der Waals surface area contributed by atoms with Crippen LogP contribution in [0.15, 0.2) is 91.0 Å². The number of hydrogen-bond donors (Lipinski definition) is 0. The van der Waals surface area contributed by atoms with Crippen LogP contribution in [-0.2, 0) is 5.41 Å². The van der Waals surface area contributed by atoms with Crippen LogP contribution in [0.2, 0.25) is 0 Å². The predicted octanol–water partition coefficient (Wildman–Crippen LogP) is 6.21. The molecular weight excluding hydrogens is 392 g/mol. The average Bonchev–Trinajstić information content (AvgIpc) is 3.31. The maximum Gasteiger partial charge on any atom is 0.119 e. The number of nitrogens with zero attached hydrogens (tertiary/aromatic N) is 2. The molecule has 1 aliphatic rings. The minimum Gasteiger partial charge on any atom is -0.489 e. The van der Waals surface area contributed by atoms with Crippen molar-refractivity contribution in [3.63, 3.8) is 0 Å². The van der Waals surface area contributed by atoms with Gasteiger partial charge in [-0.15, -0.1) is 0 Å². The second kappa shape index (κ2) is 9.59. The number of likely N-dealkylation sites (tertiary alicyclic amines) is 1. The molecule has 3 nitrogen and oxygen atoms in total. The van der Waals surface area contributed by atoms with Crippen LogP contribution in [0.3, 0.4) is 0 Å². The van der Waals surface area contributed by atoms with Gasteiger partial charge in [-0.3, -0.25) is 4.90 Å². The van der Waals surface area contributed by atoms with E-state index in [0.717, 1.165) is 49.2 Å². The fraction of sp³-hybridized carbons (Fsp3) is 0.345. The molecular formula is C29H32N2O. The standard InChI is InChI=1S/C29H32N2O/c1-28(2,31-21-18-27(22-31)32-26-16-10-5-11-17-26)19-20-29(23-30,24-12-6-3-7-13-24)25-14-8-4-9-15-25/h3-17,27H,18-22H2,1-2H3/t27-/m0/s1. The summed E-state index contributed by atoms with van der Waals surface area (Å²) in [4.78, 5) is 2.53. The van der Waals surface area contributed by atoms with Gasteiger partial charge in [-0.1, -0.05) is 78.9 Å². The van der Waals surface area contributed by atoms with E-state index in [9.17, 15) is 5.26 Å².